The zero-order valence-corrected chi connectivity index (χ0v) is 20.2. The molecule has 0 saturated carbocycles. The third-order valence-corrected chi connectivity index (χ3v) is 5.82. The fourth-order valence-electron chi connectivity index (χ4n) is 4.16. The Bertz CT molecular complexity index is 1380. The number of nitrogens with one attached hydrogen (secondary N) is 1. The van der Waals surface area contributed by atoms with Crippen molar-refractivity contribution in [1.82, 2.24) is 14.3 Å². The maximum Gasteiger partial charge on any atom is 0.409 e. The van der Waals surface area contributed by atoms with E-state index in [0.29, 0.717) is 17.9 Å². The number of hydrogen-bond donors (Lipinski definition) is 2. The summed E-state index contributed by atoms with van der Waals surface area (Å²) >= 11 is 0. The Morgan fingerprint density at radius 1 is 1.24 bits per heavy atom. The van der Waals surface area contributed by atoms with Crippen LogP contribution in [0.1, 0.15) is 11.3 Å². The van der Waals surface area contributed by atoms with Crippen LogP contribution in [0.4, 0.5) is 19.3 Å². The molecule has 3 aromatic rings. The van der Waals surface area contributed by atoms with Crippen LogP contribution in [0.5, 0.6) is 0 Å². The molecule has 2 aromatic heterocycles. The number of aryl methyl sites for hydroxylation is 1. The average molecular weight is 514 g/mol. The number of nitrogens with two attached hydrogens (primary N) is 1. The van der Waals surface area contributed by atoms with Crippen molar-refractivity contribution in [1.29, 1.82) is 0 Å². The zero-order chi connectivity index (χ0) is 26.7. The summed E-state index contributed by atoms with van der Waals surface area (Å²) in [6.07, 6.45) is 2.71. The van der Waals surface area contributed by atoms with Crippen LogP contribution in [0, 0.1) is 18.6 Å². The van der Waals surface area contributed by atoms with E-state index in [4.69, 9.17) is 15.2 Å². The largest absolute Gasteiger partial charge is 0.453 e. The lowest BCUT2D eigenvalue weighted by Gasteiger charge is -2.32. The number of aromatic nitrogens is 2. The van der Waals surface area contributed by atoms with E-state index in [2.05, 4.69) is 10.3 Å². The standard InChI is InChI=1S/C25H25F2N5O5/c1-14-5-6-32-19(12-16-13-31(7-8-37-16)25(35)36-2)24(30-21(32)9-14)23-17(26)10-15(11-18(23)27)29-22(34)4-3-20(28)33/h3-6,9-11,16H,7-8,12-13H2,1-2H3,(H2,28,33)(H,29,34)/b4-3+/t16-/m0/s1. The molecule has 10 nitrogen and oxygen atoms in total. The first-order chi connectivity index (χ1) is 17.7. The summed E-state index contributed by atoms with van der Waals surface area (Å²) in [5.41, 5.74) is 6.38. The number of nitrogens with zero attached hydrogens (tertiary/aromatic N) is 3. The normalized spacial score (nSPS) is 15.8. The number of rotatable bonds is 6. The van der Waals surface area contributed by atoms with Crippen molar-refractivity contribution >= 4 is 29.2 Å². The minimum atomic E-state index is -0.948. The van der Waals surface area contributed by atoms with Gasteiger partial charge in [-0.3, -0.25) is 9.59 Å². The Hall–Kier alpha value is -4.32. The van der Waals surface area contributed by atoms with Gasteiger partial charge in [-0.25, -0.2) is 18.6 Å². The summed E-state index contributed by atoms with van der Waals surface area (Å²) in [5, 5.41) is 2.28. The first kappa shape index (κ1) is 25.8. The second kappa shape index (κ2) is 10.7. The monoisotopic (exact) mass is 513 g/mol. The number of pyridine rings is 1. The first-order valence-electron chi connectivity index (χ1n) is 11.4. The molecule has 1 atom stereocenters. The fourth-order valence-corrected chi connectivity index (χ4v) is 4.16. The van der Waals surface area contributed by atoms with E-state index in [-0.39, 0.29) is 36.5 Å². The molecule has 0 bridgehead atoms. The van der Waals surface area contributed by atoms with Gasteiger partial charge in [0.05, 0.1) is 43.3 Å². The van der Waals surface area contributed by atoms with Gasteiger partial charge in [-0.2, -0.15) is 0 Å². The van der Waals surface area contributed by atoms with E-state index in [1.54, 1.807) is 16.7 Å². The van der Waals surface area contributed by atoms with Gasteiger partial charge >= 0.3 is 6.09 Å². The van der Waals surface area contributed by atoms with Crippen molar-refractivity contribution in [3.8, 4) is 11.3 Å². The number of fused-ring (bicyclic) bond motifs is 1. The summed E-state index contributed by atoms with van der Waals surface area (Å²) < 4.78 is 43.0. The second-order valence-corrected chi connectivity index (χ2v) is 8.49. The summed E-state index contributed by atoms with van der Waals surface area (Å²) in [4.78, 5) is 40.7. The average Bonchev–Trinajstić information content (AvgIpc) is 3.18. The molecule has 3 amide bonds. The summed E-state index contributed by atoms with van der Waals surface area (Å²) in [7, 11) is 1.30. The highest BCUT2D eigenvalue weighted by atomic mass is 19.1. The molecule has 1 aromatic carbocycles. The number of imidazole rings is 1. The Balaban J connectivity index is 1.71. The number of halogens is 2. The Morgan fingerprint density at radius 3 is 2.65 bits per heavy atom. The van der Waals surface area contributed by atoms with Gasteiger partial charge in [0.1, 0.15) is 17.3 Å². The molecule has 1 aliphatic heterocycles. The van der Waals surface area contributed by atoms with Crippen LogP contribution in [-0.4, -0.2) is 65.1 Å². The molecule has 0 radical (unpaired) electrons. The molecule has 37 heavy (non-hydrogen) atoms. The van der Waals surface area contributed by atoms with E-state index < -0.39 is 35.6 Å². The SMILES string of the molecule is COC(=O)N1CCO[C@@H](Cc2c(-c3c(F)cc(NC(=O)/C=C/C(N)=O)cc3F)nc3cc(C)ccn23)C1. The number of amides is 3. The maximum atomic E-state index is 15.3. The van der Waals surface area contributed by atoms with Crippen LogP contribution in [0.2, 0.25) is 0 Å². The third kappa shape index (κ3) is 5.75. The number of methoxy groups -OCH3 is 1. The van der Waals surface area contributed by atoms with Crippen molar-refractivity contribution in [3.05, 3.63) is 65.5 Å². The lowest BCUT2D eigenvalue weighted by molar-refractivity contribution is -0.115. The molecule has 1 saturated heterocycles. The smallest absolute Gasteiger partial charge is 0.409 e. The van der Waals surface area contributed by atoms with Gasteiger partial charge < -0.3 is 29.8 Å². The maximum absolute atomic E-state index is 15.3. The lowest BCUT2D eigenvalue weighted by atomic mass is 10.0. The van der Waals surface area contributed by atoms with Crippen molar-refractivity contribution in [2.24, 2.45) is 5.73 Å². The number of carbonyl (C=O) groups is 3. The van der Waals surface area contributed by atoms with Crippen LogP contribution in [0.3, 0.4) is 0 Å². The number of carbonyl (C=O) groups excluding carboxylic acids is 3. The minimum Gasteiger partial charge on any atom is -0.453 e. The van der Waals surface area contributed by atoms with Crippen LogP contribution >= 0.6 is 0 Å². The molecule has 194 valence electrons. The van der Waals surface area contributed by atoms with Crippen LogP contribution < -0.4 is 11.1 Å². The van der Waals surface area contributed by atoms with Gasteiger partial charge in [-0.1, -0.05) is 0 Å². The van der Waals surface area contributed by atoms with Crippen LogP contribution in [0.15, 0.2) is 42.6 Å². The number of primary amides is 1. The van der Waals surface area contributed by atoms with E-state index in [9.17, 15) is 14.4 Å². The van der Waals surface area contributed by atoms with Crippen molar-refractivity contribution in [2.45, 2.75) is 19.4 Å². The highest BCUT2D eigenvalue weighted by molar-refractivity contribution is 6.03. The summed E-state index contributed by atoms with van der Waals surface area (Å²) in [6, 6.07) is 5.55. The highest BCUT2D eigenvalue weighted by Gasteiger charge is 2.29. The van der Waals surface area contributed by atoms with E-state index in [1.807, 2.05) is 13.0 Å². The Kier molecular flexibility index (Phi) is 7.48. The predicted octanol–water partition coefficient (Wildman–Crippen LogP) is 2.58. The summed E-state index contributed by atoms with van der Waals surface area (Å²) in [6.45, 7) is 2.76. The molecule has 4 rings (SSSR count). The topological polar surface area (TPSA) is 128 Å². The second-order valence-electron chi connectivity index (χ2n) is 8.49. The molecule has 1 aliphatic rings. The summed E-state index contributed by atoms with van der Waals surface area (Å²) in [5.74, 6) is -3.51. The molecule has 3 heterocycles. The number of ether oxygens (including phenoxy) is 2. The van der Waals surface area contributed by atoms with Crippen molar-refractivity contribution < 1.29 is 32.6 Å². The fraction of sp³-hybridized carbons (Fsp3) is 0.280. The molecule has 3 N–H and O–H groups in total. The molecule has 0 spiro atoms. The van der Waals surface area contributed by atoms with Crippen molar-refractivity contribution in [3.63, 3.8) is 0 Å². The van der Waals surface area contributed by atoms with E-state index >= 15 is 8.78 Å². The molecule has 0 unspecified atom stereocenters. The van der Waals surface area contributed by atoms with Crippen molar-refractivity contribution in [2.75, 3.05) is 32.1 Å². The number of morpholine rings is 1. The number of anilines is 1. The van der Waals surface area contributed by atoms with Crippen LogP contribution in [0.25, 0.3) is 16.9 Å². The number of benzene rings is 1. The van der Waals surface area contributed by atoms with Gasteiger partial charge in [-0.05, 0) is 36.8 Å². The molecule has 1 fully saturated rings. The minimum absolute atomic E-state index is 0.0749. The Morgan fingerprint density at radius 2 is 1.97 bits per heavy atom. The van der Waals surface area contributed by atoms with Crippen LogP contribution in [-0.2, 0) is 25.5 Å². The van der Waals surface area contributed by atoms with Gasteiger partial charge in [0, 0.05) is 37.0 Å². The Labute approximate surface area is 210 Å². The molecule has 12 heteroatoms. The molecular weight excluding hydrogens is 488 g/mol. The van der Waals surface area contributed by atoms with Gasteiger partial charge in [-0.15, -0.1) is 0 Å². The lowest BCUT2D eigenvalue weighted by Crippen LogP contribution is -2.46. The number of hydrogen-bond acceptors (Lipinski definition) is 6. The highest BCUT2D eigenvalue weighted by Crippen LogP contribution is 2.33. The predicted molar refractivity (Wildman–Crippen MR) is 130 cm³/mol. The van der Waals surface area contributed by atoms with E-state index in [1.165, 1.54) is 12.0 Å². The molecule has 0 aliphatic carbocycles. The van der Waals surface area contributed by atoms with Gasteiger partial charge in [0.15, 0.2) is 0 Å². The zero-order valence-electron chi connectivity index (χ0n) is 20.2. The third-order valence-electron chi connectivity index (χ3n) is 5.82. The molecular formula is C25H25F2N5O5. The first-order valence-corrected chi connectivity index (χ1v) is 11.4. The van der Waals surface area contributed by atoms with E-state index in [0.717, 1.165) is 29.8 Å². The van der Waals surface area contributed by atoms with Gasteiger partial charge in [0.25, 0.3) is 0 Å². The van der Waals surface area contributed by atoms with Gasteiger partial charge in [0.2, 0.25) is 11.8 Å². The quantitative estimate of drug-likeness (QED) is 0.488.